The van der Waals surface area contributed by atoms with E-state index in [-0.39, 0.29) is 18.0 Å². The molecular weight excluding hydrogens is 394 g/mol. The number of methoxy groups -OCH3 is 1. The zero-order valence-electron chi connectivity index (χ0n) is 17.0. The summed E-state index contributed by atoms with van der Waals surface area (Å²) >= 11 is 1.24. The van der Waals surface area contributed by atoms with Crippen molar-refractivity contribution < 1.29 is 19.1 Å². The van der Waals surface area contributed by atoms with Gasteiger partial charge >= 0.3 is 5.97 Å². The van der Waals surface area contributed by atoms with Crippen molar-refractivity contribution in [3.63, 3.8) is 0 Å². The highest BCUT2D eigenvalue weighted by atomic mass is 32.2. The van der Waals surface area contributed by atoms with Crippen LogP contribution < -0.4 is 5.73 Å². The van der Waals surface area contributed by atoms with Crippen molar-refractivity contribution in [3.8, 4) is 0 Å². The number of Topliss-reactive ketones (excluding diaryl/α,β-unsaturated/α-hetero) is 1. The third kappa shape index (κ3) is 4.21. The number of ether oxygens (including phenoxy) is 1. The number of esters is 1. The van der Waals surface area contributed by atoms with Crippen molar-refractivity contribution in [2.24, 2.45) is 12.8 Å². The average Bonchev–Trinajstić information content (AvgIpc) is 3.39. The van der Waals surface area contributed by atoms with Gasteiger partial charge in [0.25, 0.3) is 0 Å². The van der Waals surface area contributed by atoms with E-state index in [9.17, 15) is 14.4 Å². The fourth-order valence-corrected chi connectivity index (χ4v) is 4.36. The molecule has 1 saturated carbocycles. The number of thioether (sulfide) groups is 1. The predicted molar refractivity (Wildman–Crippen MR) is 107 cm³/mol. The molecule has 0 bridgehead atoms. The van der Waals surface area contributed by atoms with Crippen LogP contribution in [0.1, 0.15) is 63.2 Å². The minimum Gasteiger partial charge on any atom is -0.465 e. The number of primary amides is 1. The molecule has 1 fully saturated rings. The van der Waals surface area contributed by atoms with Crippen LogP contribution in [0.5, 0.6) is 0 Å². The van der Waals surface area contributed by atoms with E-state index >= 15 is 0 Å². The van der Waals surface area contributed by atoms with Crippen molar-refractivity contribution in [1.82, 2.24) is 19.3 Å². The lowest BCUT2D eigenvalue weighted by molar-refractivity contribution is -0.118. The van der Waals surface area contributed by atoms with Gasteiger partial charge in [-0.1, -0.05) is 11.8 Å². The van der Waals surface area contributed by atoms with E-state index in [0.717, 1.165) is 24.2 Å². The van der Waals surface area contributed by atoms with Gasteiger partial charge in [0.1, 0.15) is 5.82 Å². The van der Waals surface area contributed by atoms with Crippen molar-refractivity contribution in [3.05, 3.63) is 28.3 Å². The molecule has 2 aromatic rings. The minimum atomic E-state index is -0.495. The Balaban J connectivity index is 1.80. The molecule has 0 atom stereocenters. The van der Waals surface area contributed by atoms with Crippen molar-refractivity contribution >= 4 is 29.4 Å². The van der Waals surface area contributed by atoms with Crippen LogP contribution in [0.4, 0.5) is 0 Å². The summed E-state index contributed by atoms with van der Waals surface area (Å²) in [6.07, 6.45) is 2.67. The summed E-state index contributed by atoms with van der Waals surface area (Å²) in [5.74, 6) is -0.316. The smallest absolute Gasteiger partial charge is 0.340 e. The molecule has 0 saturated heterocycles. The molecular formula is C19H25N5O4S. The molecule has 0 unspecified atom stereocenters. The van der Waals surface area contributed by atoms with Crippen molar-refractivity contribution in [2.75, 3.05) is 12.9 Å². The van der Waals surface area contributed by atoms with Crippen LogP contribution in [0, 0.1) is 13.8 Å². The van der Waals surface area contributed by atoms with Gasteiger partial charge in [0.05, 0.1) is 24.0 Å². The van der Waals surface area contributed by atoms with Gasteiger partial charge in [-0.2, -0.15) is 0 Å². The molecule has 0 aliphatic heterocycles. The van der Waals surface area contributed by atoms with E-state index in [1.807, 2.05) is 13.8 Å². The Morgan fingerprint density at radius 1 is 1.17 bits per heavy atom. The lowest BCUT2D eigenvalue weighted by Gasteiger charge is -2.07. The molecule has 0 aromatic carbocycles. The Kier molecular flexibility index (Phi) is 6.11. The largest absolute Gasteiger partial charge is 0.465 e. The van der Waals surface area contributed by atoms with Gasteiger partial charge in [0.2, 0.25) is 5.91 Å². The summed E-state index contributed by atoms with van der Waals surface area (Å²) in [5.41, 5.74) is 7.53. The SMILES string of the molecule is COC(=O)c1c(C(=O)CSc2nnc(CCC(N)=O)n2C)c(C)n(C2CC2)c1C. The molecule has 29 heavy (non-hydrogen) atoms. The number of hydrogen-bond donors (Lipinski definition) is 1. The Bertz CT molecular complexity index is 974. The molecule has 10 heteroatoms. The lowest BCUT2D eigenvalue weighted by atomic mass is 10.1. The Morgan fingerprint density at radius 3 is 2.41 bits per heavy atom. The summed E-state index contributed by atoms with van der Waals surface area (Å²) in [6.45, 7) is 3.73. The number of carbonyl (C=O) groups is 3. The van der Waals surface area contributed by atoms with Crippen molar-refractivity contribution in [2.45, 2.75) is 50.7 Å². The first-order valence-corrected chi connectivity index (χ1v) is 10.4. The van der Waals surface area contributed by atoms with Crippen LogP contribution >= 0.6 is 11.8 Å². The molecule has 0 radical (unpaired) electrons. The highest BCUT2D eigenvalue weighted by Crippen LogP contribution is 2.40. The first kappa shape index (κ1) is 21.1. The lowest BCUT2D eigenvalue weighted by Crippen LogP contribution is -2.13. The standard InChI is InChI=1S/C19H25N5O4S/c1-10-16(17(18(27)28-4)11(2)24(10)12-5-6-12)13(25)9-29-19-22-21-15(23(19)3)8-7-14(20)26/h12H,5-9H2,1-4H3,(H2,20,26). The second-order valence-electron chi connectivity index (χ2n) is 7.15. The maximum Gasteiger partial charge on any atom is 0.340 e. The summed E-state index contributed by atoms with van der Waals surface area (Å²) in [5, 5.41) is 8.71. The highest BCUT2D eigenvalue weighted by Gasteiger charge is 2.34. The number of aryl methyl sites for hydroxylation is 1. The third-order valence-electron chi connectivity index (χ3n) is 5.13. The van der Waals surface area contributed by atoms with E-state index in [4.69, 9.17) is 10.5 Å². The molecule has 1 amide bonds. The maximum absolute atomic E-state index is 13.1. The number of nitrogens with two attached hydrogens (primary N) is 1. The summed E-state index contributed by atoms with van der Waals surface area (Å²) in [4.78, 5) is 36.4. The van der Waals surface area contributed by atoms with E-state index < -0.39 is 11.9 Å². The molecule has 1 aliphatic rings. The van der Waals surface area contributed by atoms with Crippen LogP contribution in [-0.2, 0) is 23.0 Å². The molecule has 2 N–H and O–H groups in total. The first-order valence-electron chi connectivity index (χ1n) is 9.38. The molecule has 1 aliphatic carbocycles. The first-order chi connectivity index (χ1) is 13.8. The fraction of sp³-hybridized carbons (Fsp3) is 0.526. The summed E-state index contributed by atoms with van der Waals surface area (Å²) in [6, 6.07) is 0.346. The van der Waals surface area contributed by atoms with E-state index in [2.05, 4.69) is 14.8 Å². The zero-order valence-corrected chi connectivity index (χ0v) is 17.8. The molecule has 156 valence electrons. The Hall–Kier alpha value is -2.62. The zero-order chi connectivity index (χ0) is 21.3. The van der Waals surface area contributed by atoms with Gasteiger partial charge in [0, 0.05) is 37.3 Å². The minimum absolute atomic E-state index is 0.112. The molecule has 3 rings (SSSR count). The summed E-state index contributed by atoms with van der Waals surface area (Å²) in [7, 11) is 3.10. The quantitative estimate of drug-likeness (QED) is 0.373. The van der Waals surface area contributed by atoms with Gasteiger partial charge in [-0.15, -0.1) is 10.2 Å². The second-order valence-corrected chi connectivity index (χ2v) is 8.09. The number of nitrogens with zero attached hydrogens (tertiary/aromatic N) is 4. The van der Waals surface area contributed by atoms with Gasteiger partial charge in [0.15, 0.2) is 10.9 Å². The van der Waals surface area contributed by atoms with E-state index in [1.54, 1.807) is 11.6 Å². The molecule has 0 spiro atoms. The number of carbonyl (C=O) groups excluding carboxylic acids is 3. The van der Waals surface area contributed by atoms with Crippen LogP contribution in [0.25, 0.3) is 0 Å². The maximum atomic E-state index is 13.1. The monoisotopic (exact) mass is 419 g/mol. The molecule has 9 nitrogen and oxygen atoms in total. The number of hydrogen-bond acceptors (Lipinski definition) is 7. The summed E-state index contributed by atoms with van der Waals surface area (Å²) < 4.78 is 8.76. The number of amides is 1. The van der Waals surface area contributed by atoms with Crippen LogP contribution in [-0.4, -0.2) is 49.9 Å². The number of aromatic nitrogens is 4. The normalized spacial score (nSPS) is 13.5. The highest BCUT2D eigenvalue weighted by molar-refractivity contribution is 7.99. The van der Waals surface area contributed by atoms with E-state index in [1.165, 1.54) is 18.9 Å². The van der Waals surface area contributed by atoms with Gasteiger partial charge in [-0.25, -0.2) is 4.79 Å². The van der Waals surface area contributed by atoms with Crippen LogP contribution in [0.2, 0.25) is 0 Å². The molecule has 2 heterocycles. The van der Waals surface area contributed by atoms with E-state index in [0.29, 0.717) is 34.6 Å². The van der Waals surface area contributed by atoms with Gasteiger partial charge in [-0.3, -0.25) is 9.59 Å². The van der Waals surface area contributed by atoms with Gasteiger partial charge < -0.3 is 19.6 Å². The number of rotatable bonds is 9. The fourth-order valence-electron chi connectivity index (χ4n) is 3.55. The topological polar surface area (TPSA) is 122 Å². The average molecular weight is 420 g/mol. The van der Waals surface area contributed by atoms with Gasteiger partial charge in [-0.05, 0) is 26.7 Å². The number of ketones is 1. The third-order valence-corrected chi connectivity index (χ3v) is 6.15. The molecule has 2 aromatic heterocycles. The Labute approximate surface area is 173 Å². The van der Waals surface area contributed by atoms with Crippen LogP contribution in [0.15, 0.2) is 5.16 Å². The Morgan fingerprint density at radius 2 is 1.83 bits per heavy atom. The van der Waals surface area contributed by atoms with Crippen LogP contribution in [0.3, 0.4) is 0 Å². The van der Waals surface area contributed by atoms with Crippen molar-refractivity contribution in [1.29, 1.82) is 0 Å². The predicted octanol–water partition coefficient (Wildman–Crippen LogP) is 1.75. The second kappa shape index (κ2) is 8.40.